The van der Waals surface area contributed by atoms with Crippen LogP contribution in [0.1, 0.15) is 19.4 Å². The van der Waals surface area contributed by atoms with Gasteiger partial charge >= 0.3 is 6.03 Å². The van der Waals surface area contributed by atoms with Crippen molar-refractivity contribution in [2.24, 2.45) is 11.8 Å². The van der Waals surface area contributed by atoms with E-state index in [0.717, 1.165) is 36.7 Å². The summed E-state index contributed by atoms with van der Waals surface area (Å²) in [5, 5.41) is 3.16. The molecule has 0 radical (unpaired) electrons. The summed E-state index contributed by atoms with van der Waals surface area (Å²) in [6.07, 6.45) is 0. The first-order valence-electron chi connectivity index (χ1n) is 9.29. The van der Waals surface area contributed by atoms with Gasteiger partial charge in [-0.1, -0.05) is 19.9 Å². The number of rotatable bonds is 7. The molecule has 1 saturated heterocycles. The molecule has 2 atom stereocenters. The molecular weight excluding hydrogens is 330 g/mol. The number of carbonyl (C=O) groups excluding carboxylic acids is 1. The van der Waals surface area contributed by atoms with Gasteiger partial charge in [0.1, 0.15) is 6.61 Å². The van der Waals surface area contributed by atoms with Crippen molar-refractivity contribution in [1.82, 2.24) is 15.1 Å². The van der Waals surface area contributed by atoms with Gasteiger partial charge in [-0.05, 0) is 36.5 Å². The van der Waals surface area contributed by atoms with Crippen LogP contribution < -0.4 is 14.8 Å². The zero-order valence-electron chi connectivity index (χ0n) is 16.9. The second kappa shape index (κ2) is 9.12. The van der Waals surface area contributed by atoms with Gasteiger partial charge in [0.05, 0.1) is 7.11 Å². The first-order chi connectivity index (χ1) is 12.3. The van der Waals surface area contributed by atoms with E-state index in [4.69, 9.17) is 9.47 Å². The van der Waals surface area contributed by atoms with Crippen LogP contribution in [0.25, 0.3) is 0 Å². The quantitative estimate of drug-likeness (QED) is 0.809. The van der Waals surface area contributed by atoms with Crippen LogP contribution >= 0.6 is 0 Å². The fourth-order valence-electron chi connectivity index (χ4n) is 3.39. The molecule has 1 aromatic rings. The van der Waals surface area contributed by atoms with Gasteiger partial charge in [-0.25, -0.2) is 4.79 Å². The van der Waals surface area contributed by atoms with E-state index in [1.165, 1.54) is 0 Å². The molecule has 1 aliphatic heterocycles. The monoisotopic (exact) mass is 363 g/mol. The van der Waals surface area contributed by atoms with Crippen LogP contribution in [0.4, 0.5) is 4.79 Å². The first kappa shape index (κ1) is 20.4. The Morgan fingerprint density at radius 1 is 1.31 bits per heavy atom. The minimum atomic E-state index is -0.0249. The molecule has 6 heteroatoms. The van der Waals surface area contributed by atoms with E-state index in [9.17, 15) is 4.79 Å². The van der Waals surface area contributed by atoms with Crippen molar-refractivity contribution in [3.05, 3.63) is 23.8 Å². The van der Waals surface area contributed by atoms with Crippen LogP contribution in [0.15, 0.2) is 18.2 Å². The molecule has 1 aliphatic rings. The highest BCUT2D eigenvalue weighted by Gasteiger charge is 2.35. The number of benzene rings is 1. The highest BCUT2D eigenvalue weighted by Crippen LogP contribution is 2.28. The predicted molar refractivity (Wildman–Crippen MR) is 104 cm³/mol. The van der Waals surface area contributed by atoms with Crippen molar-refractivity contribution >= 4 is 6.03 Å². The van der Waals surface area contributed by atoms with E-state index in [0.29, 0.717) is 18.4 Å². The predicted octanol–water partition coefficient (Wildman–Crippen LogP) is 2.61. The fraction of sp³-hybridized carbons (Fsp3) is 0.650. The van der Waals surface area contributed by atoms with Crippen LogP contribution in [0, 0.1) is 18.8 Å². The minimum absolute atomic E-state index is 0.0249. The van der Waals surface area contributed by atoms with E-state index in [2.05, 4.69) is 24.1 Å². The van der Waals surface area contributed by atoms with Gasteiger partial charge in [-0.3, -0.25) is 4.90 Å². The molecule has 0 spiro atoms. The number of nitrogens with zero attached hydrogens (tertiary/aromatic N) is 2. The van der Waals surface area contributed by atoms with Crippen LogP contribution in [0.5, 0.6) is 11.5 Å². The highest BCUT2D eigenvalue weighted by molar-refractivity contribution is 5.73. The Bertz CT molecular complexity index is 604. The number of urea groups is 1. The normalized spacial score (nSPS) is 20.3. The van der Waals surface area contributed by atoms with Gasteiger partial charge in [-0.15, -0.1) is 0 Å². The van der Waals surface area contributed by atoms with Crippen molar-refractivity contribution in [1.29, 1.82) is 0 Å². The van der Waals surface area contributed by atoms with E-state index in [1.807, 2.05) is 25.1 Å². The molecule has 1 N–H and O–H groups in total. The maximum absolute atomic E-state index is 12.0. The Hall–Kier alpha value is -1.95. The van der Waals surface area contributed by atoms with Crippen molar-refractivity contribution < 1.29 is 14.3 Å². The van der Waals surface area contributed by atoms with E-state index < -0.39 is 0 Å². The van der Waals surface area contributed by atoms with Gasteiger partial charge in [0, 0.05) is 39.8 Å². The van der Waals surface area contributed by atoms with Gasteiger partial charge in [0.15, 0.2) is 11.5 Å². The van der Waals surface area contributed by atoms with Crippen molar-refractivity contribution in [2.75, 3.05) is 47.4 Å². The molecule has 2 rings (SSSR count). The van der Waals surface area contributed by atoms with E-state index in [1.54, 1.807) is 26.1 Å². The molecule has 0 saturated carbocycles. The Kier molecular flexibility index (Phi) is 7.14. The standard InChI is InChI=1S/C20H33N3O3/c1-14(2)16-12-23(13-17(16)21-20(24)22(4)5)9-10-26-18-8-7-15(3)11-19(18)25-6/h7-8,11,14,16-17H,9-10,12-13H2,1-6H3,(H,21,24)/t16-,17+/m0/s1. The molecule has 0 aromatic heterocycles. The molecule has 1 aromatic carbocycles. The lowest BCUT2D eigenvalue weighted by Crippen LogP contribution is -2.46. The number of likely N-dealkylation sites (tertiary alicyclic amines) is 1. The minimum Gasteiger partial charge on any atom is -0.493 e. The third kappa shape index (κ3) is 5.27. The molecule has 26 heavy (non-hydrogen) atoms. The van der Waals surface area contributed by atoms with Gasteiger partial charge in [0.2, 0.25) is 0 Å². The smallest absolute Gasteiger partial charge is 0.317 e. The molecule has 146 valence electrons. The molecule has 2 amide bonds. The van der Waals surface area contributed by atoms with Gasteiger partial charge in [0.25, 0.3) is 0 Å². The second-order valence-electron chi connectivity index (χ2n) is 7.62. The zero-order valence-corrected chi connectivity index (χ0v) is 16.9. The third-order valence-corrected chi connectivity index (χ3v) is 5.00. The number of hydrogen-bond acceptors (Lipinski definition) is 4. The maximum atomic E-state index is 12.0. The largest absolute Gasteiger partial charge is 0.493 e. The number of carbonyl (C=O) groups is 1. The molecular formula is C20H33N3O3. The summed E-state index contributed by atoms with van der Waals surface area (Å²) in [6.45, 7) is 9.73. The lowest BCUT2D eigenvalue weighted by Gasteiger charge is -2.24. The Morgan fingerprint density at radius 2 is 2.04 bits per heavy atom. The van der Waals surface area contributed by atoms with Crippen LogP contribution in [0.2, 0.25) is 0 Å². The summed E-state index contributed by atoms with van der Waals surface area (Å²) < 4.78 is 11.3. The van der Waals surface area contributed by atoms with Gasteiger partial charge in [-0.2, -0.15) is 0 Å². The Morgan fingerprint density at radius 3 is 2.65 bits per heavy atom. The van der Waals surface area contributed by atoms with Gasteiger partial charge < -0.3 is 19.7 Å². The van der Waals surface area contributed by atoms with E-state index in [-0.39, 0.29) is 12.1 Å². The fourth-order valence-corrected chi connectivity index (χ4v) is 3.39. The summed E-state index contributed by atoms with van der Waals surface area (Å²) in [5.74, 6) is 2.51. The molecule has 0 bridgehead atoms. The molecule has 1 heterocycles. The average Bonchev–Trinajstić information content (AvgIpc) is 2.98. The number of ether oxygens (including phenoxy) is 2. The number of methoxy groups -OCH3 is 1. The topological polar surface area (TPSA) is 54.0 Å². The molecule has 0 unspecified atom stereocenters. The Labute approximate surface area is 157 Å². The summed E-state index contributed by atoms with van der Waals surface area (Å²) >= 11 is 0. The summed E-state index contributed by atoms with van der Waals surface area (Å²) in [4.78, 5) is 16.0. The van der Waals surface area contributed by atoms with E-state index >= 15 is 0 Å². The number of aryl methyl sites for hydroxylation is 1. The van der Waals surface area contributed by atoms with Crippen molar-refractivity contribution in [2.45, 2.75) is 26.8 Å². The average molecular weight is 364 g/mol. The third-order valence-electron chi connectivity index (χ3n) is 5.00. The van der Waals surface area contributed by atoms with Crippen LogP contribution in [0.3, 0.4) is 0 Å². The number of amides is 2. The zero-order chi connectivity index (χ0) is 19.3. The lowest BCUT2D eigenvalue weighted by atomic mass is 9.91. The number of nitrogens with one attached hydrogen (secondary N) is 1. The van der Waals surface area contributed by atoms with Crippen molar-refractivity contribution in [3.63, 3.8) is 0 Å². The summed E-state index contributed by atoms with van der Waals surface area (Å²) in [6, 6.07) is 6.11. The van der Waals surface area contributed by atoms with Crippen LogP contribution in [-0.4, -0.2) is 69.3 Å². The summed E-state index contributed by atoms with van der Waals surface area (Å²) in [5.41, 5.74) is 1.15. The summed E-state index contributed by atoms with van der Waals surface area (Å²) in [7, 11) is 5.21. The Balaban J connectivity index is 1.89. The van der Waals surface area contributed by atoms with Crippen molar-refractivity contribution in [3.8, 4) is 11.5 Å². The first-order valence-corrected chi connectivity index (χ1v) is 9.29. The number of hydrogen-bond donors (Lipinski definition) is 1. The SMILES string of the molecule is COc1cc(C)ccc1OCCN1C[C@@H](NC(=O)N(C)C)[C@H](C(C)C)C1. The molecule has 6 nitrogen and oxygen atoms in total. The lowest BCUT2D eigenvalue weighted by molar-refractivity contribution is 0.207. The highest BCUT2D eigenvalue weighted by atomic mass is 16.5. The van der Waals surface area contributed by atoms with Crippen LogP contribution in [-0.2, 0) is 0 Å². The second-order valence-corrected chi connectivity index (χ2v) is 7.62. The molecule has 1 fully saturated rings. The maximum Gasteiger partial charge on any atom is 0.317 e. The molecule has 0 aliphatic carbocycles.